The van der Waals surface area contributed by atoms with E-state index in [1.165, 1.54) is 6.92 Å². The number of oxime groups is 1. The molecule has 0 aliphatic heterocycles. The minimum absolute atomic E-state index is 0.345. The molecule has 0 N–H and O–H groups in total. The molecule has 3 nitrogen and oxygen atoms in total. The molecule has 0 aromatic heterocycles. The Labute approximate surface area is 86.5 Å². The van der Waals surface area contributed by atoms with E-state index in [4.69, 9.17) is 0 Å². The van der Waals surface area contributed by atoms with Gasteiger partial charge >= 0.3 is 5.97 Å². The Morgan fingerprint density at radius 1 is 1.43 bits per heavy atom. The van der Waals surface area contributed by atoms with Gasteiger partial charge in [-0.15, -0.1) is 0 Å². The van der Waals surface area contributed by atoms with E-state index in [-0.39, 0.29) is 5.97 Å². The first-order valence-electron chi connectivity index (χ1n) is 5.29. The van der Waals surface area contributed by atoms with Crippen LogP contribution in [0.2, 0.25) is 0 Å². The summed E-state index contributed by atoms with van der Waals surface area (Å²) in [5, 5.41) is 3.87. The van der Waals surface area contributed by atoms with Crippen molar-refractivity contribution in [2.75, 3.05) is 0 Å². The SMILES string of the molecule is CCCC/C(CC(C)C)=N/OC(C)=O. The molecule has 0 radical (unpaired) electrons. The molecule has 14 heavy (non-hydrogen) atoms. The summed E-state index contributed by atoms with van der Waals surface area (Å²) in [5.74, 6) is 0.212. The van der Waals surface area contributed by atoms with E-state index in [1.807, 2.05) is 0 Å². The van der Waals surface area contributed by atoms with Crippen LogP contribution in [0.15, 0.2) is 5.16 Å². The largest absolute Gasteiger partial charge is 0.331 e. The number of rotatable bonds is 6. The Hall–Kier alpha value is -0.860. The highest BCUT2D eigenvalue weighted by atomic mass is 16.7. The first-order chi connectivity index (χ1) is 6.56. The van der Waals surface area contributed by atoms with E-state index in [1.54, 1.807) is 0 Å². The number of unbranched alkanes of at least 4 members (excludes halogenated alkanes) is 1. The first-order valence-corrected chi connectivity index (χ1v) is 5.29. The highest BCUT2D eigenvalue weighted by molar-refractivity contribution is 5.84. The maximum Gasteiger partial charge on any atom is 0.331 e. The van der Waals surface area contributed by atoms with Crippen molar-refractivity contribution >= 4 is 11.7 Å². The predicted molar refractivity (Wildman–Crippen MR) is 58.2 cm³/mol. The predicted octanol–water partition coefficient (Wildman–Crippen LogP) is 3.14. The third-order valence-corrected chi connectivity index (χ3v) is 1.77. The lowest BCUT2D eigenvalue weighted by molar-refractivity contribution is -0.141. The van der Waals surface area contributed by atoms with Crippen molar-refractivity contribution < 1.29 is 9.63 Å². The van der Waals surface area contributed by atoms with Crippen molar-refractivity contribution in [3.05, 3.63) is 0 Å². The van der Waals surface area contributed by atoms with Gasteiger partial charge in [-0.1, -0.05) is 32.3 Å². The molecule has 0 atom stereocenters. The van der Waals surface area contributed by atoms with Crippen LogP contribution in [-0.2, 0) is 9.63 Å². The average Bonchev–Trinajstić information content (AvgIpc) is 2.09. The zero-order valence-electron chi connectivity index (χ0n) is 9.67. The van der Waals surface area contributed by atoms with E-state index in [0.717, 1.165) is 31.4 Å². The average molecular weight is 199 g/mol. The topological polar surface area (TPSA) is 38.7 Å². The van der Waals surface area contributed by atoms with Gasteiger partial charge in [0.15, 0.2) is 0 Å². The van der Waals surface area contributed by atoms with Crippen LogP contribution >= 0.6 is 0 Å². The van der Waals surface area contributed by atoms with Crippen molar-refractivity contribution in [3.8, 4) is 0 Å². The summed E-state index contributed by atoms with van der Waals surface area (Å²) in [7, 11) is 0. The quantitative estimate of drug-likeness (QED) is 0.374. The molecule has 0 heterocycles. The fourth-order valence-electron chi connectivity index (χ4n) is 1.17. The Morgan fingerprint density at radius 2 is 2.07 bits per heavy atom. The second kappa shape index (κ2) is 7.54. The number of hydrogen-bond acceptors (Lipinski definition) is 3. The van der Waals surface area contributed by atoms with Gasteiger partial charge in [-0.3, -0.25) is 0 Å². The number of carbonyl (C=O) groups is 1. The number of carbonyl (C=O) groups excluding carboxylic acids is 1. The molecule has 0 unspecified atom stereocenters. The molecule has 0 saturated heterocycles. The third kappa shape index (κ3) is 7.77. The molecule has 0 saturated carbocycles. The zero-order valence-corrected chi connectivity index (χ0v) is 9.67. The van der Waals surface area contributed by atoms with Gasteiger partial charge in [-0.05, 0) is 25.2 Å². The Morgan fingerprint density at radius 3 is 2.50 bits per heavy atom. The van der Waals surface area contributed by atoms with Crippen molar-refractivity contribution in [2.24, 2.45) is 11.1 Å². The monoisotopic (exact) mass is 199 g/mol. The van der Waals surface area contributed by atoms with Crippen molar-refractivity contribution in [1.82, 2.24) is 0 Å². The third-order valence-electron chi connectivity index (χ3n) is 1.77. The van der Waals surface area contributed by atoms with Gasteiger partial charge in [0.25, 0.3) is 0 Å². The summed E-state index contributed by atoms with van der Waals surface area (Å²) >= 11 is 0. The summed E-state index contributed by atoms with van der Waals surface area (Å²) < 4.78 is 0. The van der Waals surface area contributed by atoms with Gasteiger partial charge < -0.3 is 4.84 Å². The summed E-state index contributed by atoms with van der Waals surface area (Å²) in [5.41, 5.74) is 0.997. The van der Waals surface area contributed by atoms with E-state index >= 15 is 0 Å². The van der Waals surface area contributed by atoms with Crippen LogP contribution in [0, 0.1) is 5.92 Å². The molecule has 0 aliphatic carbocycles. The van der Waals surface area contributed by atoms with E-state index in [2.05, 4.69) is 30.8 Å². The number of hydrogen-bond donors (Lipinski definition) is 0. The van der Waals surface area contributed by atoms with E-state index in [0.29, 0.717) is 5.92 Å². The van der Waals surface area contributed by atoms with Crippen LogP contribution < -0.4 is 0 Å². The summed E-state index contributed by atoms with van der Waals surface area (Å²) in [6.45, 7) is 7.78. The number of nitrogens with zero attached hydrogens (tertiary/aromatic N) is 1. The lowest BCUT2D eigenvalue weighted by atomic mass is 10.0. The second-order valence-corrected chi connectivity index (χ2v) is 3.94. The van der Waals surface area contributed by atoms with Crippen LogP contribution in [0.4, 0.5) is 0 Å². The molecule has 0 fully saturated rings. The molecule has 82 valence electrons. The van der Waals surface area contributed by atoms with Gasteiger partial charge in [0.05, 0.1) is 5.71 Å². The van der Waals surface area contributed by atoms with Crippen molar-refractivity contribution in [2.45, 2.75) is 53.4 Å². The molecule has 0 aliphatic rings. The second-order valence-electron chi connectivity index (χ2n) is 3.94. The van der Waals surface area contributed by atoms with Crippen molar-refractivity contribution in [1.29, 1.82) is 0 Å². The molecule has 0 spiro atoms. The summed E-state index contributed by atoms with van der Waals surface area (Å²) in [6.07, 6.45) is 4.08. The van der Waals surface area contributed by atoms with Crippen molar-refractivity contribution in [3.63, 3.8) is 0 Å². The molecule has 0 aromatic rings. The highest BCUT2D eigenvalue weighted by Crippen LogP contribution is 2.08. The van der Waals surface area contributed by atoms with Gasteiger partial charge in [0.1, 0.15) is 0 Å². The van der Waals surface area contributed by atoms with E-state index < -0.39 is 0 Å². The molecular weight excluding hydrogens is 178 g/mol. The lowest BCUT2D eigenvalue weighted by Gasteiger charge is -2.07. The first kappa shape index (κ1) is 13.1. The molecular formula is C11H21NO2. The van der Waals surface area contributed by atoms with Crippen LogP contribution in [0.5, 0.6) is 0 Å². The van der Waals surface area contributed by atoms with Crippen LogP contribution in [0.1, 0.15) is 53.4 Å². The highest BCUT2D eigenvalue weighted by Gasteiger charge is 2.04. The summed E-state index contributed by atoms with van der Waals surface area (Å²) in [4.78, 5) is 15.2. The standard InChI is InChI=1S/C11H21NO2/c1-5-6-7-11(8-9(2)3)12-14-10(4)13/h9H,5-8H2,1-4H3/b12-11-. The normalized spacial score (nSPS) is 11.9. The van der Waals surface area contributed by atoms with Crippen LogP contribution in [0.25, 0.3) is 0 Å². The van der Waals surface area contributed by atoms with Gasteiger partial charge in [0, 0.05) is 6.92 Å². The Kier molecular flexibility index (Phi) is 7.07. The lowest BCUT2D eigenvalue weighted by Crippen LogP contribution is -2.05. The van der Waals surface area contributed by atoms with Crippen LogP contribution in [0.3, 0.4) is 0 Å². The fraction of sp³-hybridized carbons (Fsp3) is 0.818. The molecule has 0 rings (SSSR count). The Balaban J connectivity index is 4.07. The summed E-state index contributed by atoms with van der Waals surface area (Å²) in [6, 6.07) is 0. The molecule has 3 heteroatoms. The molecule has 0 bridgehead atoms. The minimum Gasteiger partial charge on any atom is -0.319 e. The smallest absolute Gasteiger partial charge is 0.319 e. The molecule has 0 amide bonds. The van der Waals surface area contributed by atoms with Crippen LogP contribution in [-0.4, -0.2) is 11.7 Å². The maximum atomic E-state index is 10.6. The van der Waals surface area contributed by atoms with E-state index in [9.17, 15) is 4.79 Å². The van der Waals surface area contributed by atoms with Gasteiger partial charge in [-0.2, -0.15) is 0 Å². The maximum absolute atomic E-state index is 10.6. The Bertz CT molecular complexity index is 197. The van der Waals surface area contributed by atoms with Gasteiger partial charge in [0.2, 0.25) is 0 Å². The minimum atomic E-state index is -0.345. The van der Waals surface area contributed by atoms with Gasteiger partial charge in [-0.25, -0.2) is 4.79 Å². The molecule has 0 aromatic carbocycles. The zero-order chi connectivity index (χ0) is 11.0. The fourth-order valence-corrected chi connectivity index (χ4v) is 1.17.